The first-order valence-corrected chi connectivity index (χ1v) is 7.78. The summed E-state index contributed by atoms with van der Waals surface area (Å²) in [6.45, 7) is 7.19. The third kappa shape index (κ3) is 5.89. The highest BCUT2D eigenvalue weighted by Gasteiger charge is 2.22. The van der Waals surface area contributed by atoms with Crippen molar-refractivity contribution in [3.63, 3.8) is 0 Å². The van der Waals surface area contributed by atoms with Crippen molar-refractivity contribution in [1.82, 2.24) is 5.32 Å². The van der Waals surface area contributed by atoms with Gasteiger partial charge in [-0.05, 0) is 45.7 Å². The van der Waals surface area contributed by atoms with Gasteiger partial charge < -0.3 is 26.0 Å². The Labute approximate surface area is 141 Å². The summed E-state index contributed by atoms with van der Waals surface area (Å²) in [5.41, 5.74) is 6.73. The van der Waals surface area contributed by atoms with Crippen molar-refractivity contribution in [2.24, 2.45) is 0 Å². The number of hydrogen-bond acceptors (Lipinski definition) is 5. The van der Waals surface area contributed by atoms with Crippen molar-refractivity contribution in [2.45, 2.75) is 51.9 Å². The van der Waals surface area contributed by atoms with Gasteiger partial charge in [-0.1, -0.05) is 17.7 Å². The Kier molecular flexibility index (Phi) is 6.68. The van der Waals surface area contributed by atoms with Crippen LogP contribution >= 0.6 is 11.6 Å². The Morgan fingerprint density at radius 2 is 2.00 bits per heavy atom. The fourth-order valence-corrected chi connectivity index (χ4v) is 2.23. The van der Waals surface area contributed by atoms with Gasteiger partial charge in [0.05, 0.1) is 11.1 Å². The number of benzene rings is 1. The molecule has 6 nitrogen and oxygen atoms in total. The summed E-state index contributed by atoms with van der Waals surface area (Å²) in [5.74, 6) is 0. The van der Waals surface area contributed by atoms with E-state index in [9.17, 15) is 15.0 Å². The van der Waals surface area contributed by atoms with Crippen LogP contribution in [0.1, 0.15) is 44.4 Å². The van der Waals surface area contributed by atoms with Gasteiger partial charge in [0.25, 0.3) is 0 Å². The van der Waals surface area contributed by atoms with E-state index >= 15 is 0 Å². The SMILES string of the molecule is Cc1c(N)ccc(C(O)C(O)CCNC(=O)OC(C)(C)C)c1Cl. The molecule has 1 aromatic rings. The maximum Gasteiger partial charge on any atom is 0.407 e. The average Bonchev–Trinajstić information content (AvgIpc) is 2.42. The lowest BCUT2D eigenvalue weighted by Crippen LogP contribution is -2.34. The van der Waals surface area contributed by atoms with Crippen molar-refractivity contribution in [2.75, 3.05) is 12.3 Å². The summed E-state index contributed by atoms with van der Waals surface area (Å²) in [5, 5.41) is 23.1. The molecular weight excluding hydrogens is 320 g/mol. The second-order valence-electron chi connectivity index (χ2n) is 6.41. The van der Waals surface area contributed by atoms with Crippen molar-refractivity contribution >= 4 is 23.4 Å². The standard InChI is InChI=1S/C16H25ClN2O4/c1-9-11(18)6-5-10(13(9)17)14(21)12(20)7-8-19-15(22)23-16(2,3)4/h5-6,12,14,20-21H,7-8,18H2,1-4H3,(H,19,22). The van der Waals surface area contributed by atoms with Gasteiger partial charge in [-0.15, -0.1) is 0 Å². The molecule has 7 heteroatoms. The predicted octanol–water partition coefficient (Wildman–Crippen LogP) is 2.54. The summed E-state index contributed by atoms with van der Waals surface area (Å²) in [7, 11) is 0. The Hall–Kier alpha value is -1.50. The summed E-state index contributed by atoms with van der Waals surface area (Å²) >= 11 is 6.15. The quantitative estimate of drug-likeness (QED) is 0.614. The number of rotatable bonds is 5. The van der Waals surface area contributed by atoms with Crippen LogP contribution in [0.2, 0.25) is 5.02 Å². The Balaban J connectivity index is 2.57. The van der Waals surface area contributed by atoms with E-state index in [-0.39, 0.29) is 13.0 Å². The summed E-state index contributed by atoms with van der Waals surface area (Å²) in [6.07, 6.45) is -2.66. The molecule has 0 saturated heterocycles. The minimum absolute atomic E-state index is 0.153. The zero-order valence-corrected chi connectivity index (χ0v) is 14.6. The molecular formula is C16H25ClN2O4. The molecule has 0 saturated carbocycles. The fraction of sp³-hybridized carbons (Fsp3) is 0.562. The molecule has 0 fully saturated rings. The number of ether oxygens (including phenoxy) is 1. The van der Waals surface area contributed by atoms with Gasteiger partial charge in [0.2, 0.25) is 0 Å². The number of anilines is 1. The molecule has 1 aromatic carbocycles. The van der Waals surface area contributed by atoms with Crippen LogP contribution in [0.15, 0.2) is 12.1 Å². The molecule has 0 radical (unpaired) electrons. The Bertz CT molecular complexity index is 558. The monoisotopic (exact) mass is 344 g/mol. The highest BCUT2D eigenvalue weighted by atomic mass is 35.5. The number of nitrogens with one attached hydrogen (secondary N) is 1. The van der Waals surface area contributed by atoms with Gasteiger partial charge in [-0.25, -0.2) is 4.79 Å². The van der Waals surface area contributed by atoms with Crippen LogP contribution in [0.3, 0.4) is 0 Å². The van der Waals surface area contributed by atoms with Crippen molar-refractivity contribution in [3.05, 3.63) is 28.3 Å². The fourth-order valence-electron chi connectivity index (χ4n) is 1.95. The molecule has 0 aromatic heterocycles. The number of aliphatic hydroxyl groups excluding tert-OH is 2. The number of alkyl carbamates (subject to hydrolysis) is 1. The second-order valence-corrected chi connectivity index (χ2v) is 6.79. The number of amides is 1. The lowest BCUT2D eigenvalue weighted by molar-refractivity contribution is 0.0123. The number of nitrogens with two attached hydrogens (primary N) is 1. The molecule has 1 amide bonds. The third-order valence-corrected chi connectivity index (χ3v) is 3.75. The summed E-state index contributed by atoms with van der Waals surface area (Å²) in [6, 6.07) is 3.21. The lowest BCUT2D eigenvalue weighted by Gasteiger charge is -2.22. The third-order valence-electron chi connectivity index (χ3n) is 3.25. The smallest absolute Gasteiger partial charge is 0.407 e. The van der Waals surface area contributed by atoms with E-state index in [1.54, 1.807) is 39.8 Å². The molecule has 2 unspecified atom stereocenters. The molecule has 0 aliphatic carbocycles. The first kappa shape index (κ1) is 19.5. The molecule has 0 bridgehead atoms. The van der Waals surface area contributed by atoms with Crippen LogP contribution in [-0.2, 0) is 4.74 Å². The van der Waals surface area contributed by atoms with Gasteiger partial charge in [-0.3, -0.25) is 0 Å². The van der Waals surface area contributed by atoms with E-state index in [1.165, 1.54) is 0 Å². The zero-order valence-electron chi connectivity index (χ0n) is 13.9. The number of halogens is 1. The molecule has 23 heavy (non-hydrogen) atoms. The van der Waals surface area contributed by atoms with Crippen LogP contribution in [-0.4, -0.2) is 34.6 Å². The predicted molar refractivity (Wildman–Crippen MR) is 90.4 cm³/mol. The van der Waals surface area contributed by atoms with Crippen molar-refractivity contribution in [1.29, 1.82) is 0 Å². The maximum atomic E-state index is 11.5. The first-order valence-electron chi connectivity index (χ1n) is 7.40. The number of hydrogen-bond donors (Lipinski definition) is 4. The summed E-state index contributed by atoms with van der Waals surface area (Å²) < 4.78 is 5.08. The largest absolute Gasteiger partial charge is 0.444 e. The molecule has 2 atom stereocenters. The Morgan fingerprint density at radius 1 is 1.39 bits per heavy atom. The number of carbonyl (C=O) groups excluding carboxylic acids is 1. The molecule has 0 spiro atoms. The lowest BCUT2D eigenvalue weighted by atomic mass is 9.99. The highest BCUT2D eigenvalue weighted by molar-refractivity contribution is 6.32. The van der Waals surface area contributed by atoms with Gasteiger partial charge in [0.15, 0.2) is 0 Å². The zero-order chi connectivity index (χ0) is 17.8. The molecule has 0 aliphatic heterocycles. The van der Waals surface area contributed by atoms with Gasteiger partial charge in [0, 0.05) is 17.8 Å². The van der Waals surface area contributed by atoms with E-state index in [0.717, 1.165) is 0 Å². The van der Waals surface area contributed by atoms with E-state index in [2.05, 4.69) is 5.32 Å². The van der Waals surface area contributed by atoms with Crippen LogP contribution < -0.4 is 11.1 Å². The molecule has 0 aliphatic rings. The molecule has 130 valence electrons. The van der Waals surface area contributed by atoms with E-state index in [1.807, 2.05) is 0 Å². The van der Waals surface area contributed by atoms with Gasteiger partial charge in [0.1, 0.15) is 11.7 Å². The highest BCUT2D eigenvalue weighted by Crippen LogP contribution is 2.31. The minimum atomic E-state index is -1.16. The average molecular weight is 345 g/mol. The number of aliphatic hydroxyl groups is 2. The van der Waals surface area contributed by atoms with E-state index in [0.29, 0.717) is 21.8 Å². The first-order chi connectivity index (χ1) is 10.5. The van der Waals surface area contributed by atoms with Crippen LogP contribution in [0.4, 0.5) is 10.5 Å². The maximum absolute atomic E-state index is 11.5. The molecule has 1 rings (SSSR count). The van der Waals surface area contributed by atoms with Gasteiger partial charge >= 0.3 is 6.09 Å². The number of nitrogen functional groups attached to an aromatic ring is 1. The normalized spacial score (nSPS) is 14.2. The van der Waals surface area contributed by atoms with E-state index in [4.69, 9.17) is 22.1 Å². The molecule has 0 heterocycles. The number of carbonyl (C=O) groups is 1. The van der Waals surface area contributed by atoms with Crippen LogP contribution in [0.5, 0.6) is 0 Å². The van der Waals surface area contributed by atoms with Crippen LogP contribution in [0, 0.1) is 6.92 Å². The topological polar surface area (TPSA) is 105 Å². The van der Waals surface area contributed by atoms with Crippen molar-refractivity contribution < 1.29 is 19.7 Å². The molecule has 5 N–H and O–H groups in total. The van der Waals surface area contributed by atoms with Crippen LogP contribution in [0.25, 0.3) is 0 Å². The van der Waals surface area contributed by atoms with Crippen molar-refractivity contribution in [3.8, 4) is 0 Å². The Morgan fingerprint density at radius 3 is 2.57 bits per heavy atom. The van der Waals surface area contributed by atoms with E-state index < -0.39 is 23.9 Å². The minimum Gasteiger partial charge on any atom is -0.444 e. The van der Waals surface area contributed by atoms with Gasteiger partial charge in [-0.2, -0.15) is 0 Å². The summed E-state index contributed by atoms with van der Waals surface area (Å²) in [4.78, 5) is 11.5. The second kappa shape index (κ2) is 7.86.